The van der Waals surface area contributed by atoms with Crippen LogP contribution in [-0.2, 0) is 4.84 Å². The van der Waals surface area contributed by atoms with Crippen molar-refractivity contribution in [3.05, 3.63) is 34.9 Å². The van der Waals surface area contributed by atoms with E-state index in [1.165, 1.54) is 19.1 Å². The Bertz CT molecular complexity index is 630. The summed E-state index contributed by atoms with van der Waals surface area (Å²) in [6.07, 6.45) is -1.29. The third-order valence-electron chi connectivity index (χ3n) is 3.43. The number of carboxylic acid groups (broad SMARTS) is 1. The number of hydrogen-bond donors (Lipinski definition) is 2. The maximum absolute atomic E-state index is 12.3. The fourth-order valence-corrected chi connectivity index (χ4v) is 2.17. The maximum atomic E-state index is 12.3. The molecule has 1 aromatic rings. The number of nitrogens with zero attached hydrogens (tertiary/aromatic N) is 2. The largest absolute Gasteiger partial charge is 0.463 e. The normalized spacial score (nSPS) is 17.4. The lowest BCUT2D eigenvalue weighted by Gasteiger charge is -2.21. The Hall–Kier alpha value is -2.45. The van der Waals surface area contributed by atoms with Crippen molar-refractivity contribution in [1.29, 1.82) is 0 Å². The number of carbonyl (C=O) groups excluding carboxylic acids is 2. The van der Waals surface area contributed by atoms with Crippen molar-refractivity contribution in [2.45, 2.75) is 19.9 Å². The third-order valence-corrected chi connectivity index (χ3v) is 3.43. The van der Waals surface area contributed by atoms with Crippen molar-refractivity contribution in [2.75, 3.05) is 13.2 Å². The van der Waals surface area contributed by atoms with Crippen molar-refractivity contribution >= 4 is 17.8 Å². The summed E-state index contributed by atoms with van der Waals surface area (Å²) in [7, 11) is 0. The quantitative estimate of drug-likeness (QED) is 0.495. The second kappa shape index (κ2) is 6.12. The number of amides is 2. The van der Waals surface area contributed by atoms with Gasteiger partial charge < -0.3 is 5.11 Å². The van der Waals surface area contributed by atoms with Crippen LogP contribution in [0.1, 0.15) is 33.2 Å². The van der Waals surface area contributed by atoms with Crippen molar-refractivity contribution in [2.24, 2.45) is 0 Å². The molecule has 1 atom stereocenters. The first kappa shape index (κ1) is 15.9. The Kier molecular flexibility index (Phi) is 4.43. The van der Waals surface area contributed by atoms with Gasteiger partial charge in [0, 0.05) is 11.1 Å². The Morgan fingerprint density at radius 3 is 2.55 bits per heavy atom. The highest BCUT2D eigenvalue weighted by Gasteiger charge is 2.34. The monoisotopic (exact) mass is 308 g/mol. The molecule has 22 heavy (non-hydrogen) atoms. The molecule has 1 unspecified atom stereocenters. The van der Waals surface area contributed by atoms with E-state index in [9.17, 15) is 19.6 Å². The molecule has 0 aromatic heterocycles. The predicted octanol–water partition coefficient (Wildman–Crippen LogP) is 1.32. The zero-order chi connectivity index (χ0) is 16.4. The third kappa shape index (κ3) is 3.07. The van der Waals surface area contributed by atoms with Gasteiger partial charge in [0.2, 0.25) is 0 Å². The van der Waals surface area contributed by atoms with Crippen LogP contribution >= 0.6 is 0 Å². The summed E-state index contributed by atoms with van der Waals surface area (Å²) >= 11 is 0. The number of benzene rings is 1. The molecule has 1 aromatic carbocycles. The molecule has 1 aliphatic rings. The van der Waals surface area contributed by atoms with Gasteiger partial charge in [0.15, 0.2) is 5.78 Å². The predicted molar refractivity (Wildman–Crippen MR) is 73.6 cm³/mol. The molecule has 0 bridgehead atoms. The van der Waals surface area contributed by atoms with E-state index in [2.05, 4.69) is 0 Å². The average Bonchev–Trinajstić information content (AvgIpc) is 2.95. The van der Waals surface area contributed by atoms with Gasteiger partial charge in [0.25, 0.3) is 5.91 Å². The van der Waals surface area contributed by atoms with E-state index in [1.54, 1.807) is 13.0 Å². The summed E-state index contributed by atoms with van der Waals surface area (Å²) < 4.78 is 0. The molecule has 1 fully saturated rings. The molecule has 118 valence electrons. The molecule has 8 nitrogen and oxygen atoms in total. The van der Waals surface area contributed by atoms with Crippen LogP contribution in [0, 0.1) is 6.92 Å². The van der Waals surface area contributed by atoms with E-state index in [0.717, 1.165) is 0 Å². The van der Waals surface area contributed by atoms with Gasteiger partial charge in [0.1, 0.15) is 6.04 Å². The first-order valence-electron chi connectivity index (χ1n) is 6.58. The Morgan fingerprint density at radius 1 is 1.36 bits per heavy atom. The van der Waals surface area contributed by atoms with Crippen LogP contribution in [0.5, 0.6) is 0 Å². The van der Waals surface area contributed by atoms with Gasteiger partial charge in [0.05, 0.1) is 13.2 Å². The lowest BCUT2D eigenvalue weighted by molar-refractivity contribution is -0.0956. The van der Waals surface area contributed by atoms with Gasteiger partial charge in [-0.25, -0.2) is 9.86 Å². The molecule has 2 N–H and O–H groups in total. The van der Waals surface area contributed by atoms with Gasteiger partial charge in [-0.05, 0) is 31.5 Å². The van der Waals surface area contributed by atoms with Gasteiger partial charge in [-0.2, -0.15) is 5.06 Å². The molecule has 8 heteroatoms. The Balaban J connectivity index is 2.14. The van der Waals surface area contributed by atoms with Crippen LogP contribution in [0.4, 0.5) is 4.79 Å². The minimum absolute atomic E-state index is 0.112. The standard InChI is InChI=1S/C14H16N2O6/c1-8-5-10(9(2)17)3-4-12(8)13(18)16(21)11-6-15(14(19)20)22-7-11/h3-5,11,21H,6-7H2,1-2H3,(H,19,20). The Morgan fingerprint density at radius 2 is 2.05 bits per heavy atom. The SMILES string of the molecule is CC(=O)c1ccc(C(=O)N(O)C2CON(C(=O)O)C2)c(C)c1. The zero-order valence-corrected chi connectivity index (χ0v) is 12.1. The van der Waals surface area contributed by atoms with E-state index in [-0.39, 0.29) is 24.5 Å². The highest BCUT2D eigenvalue weighted by Crippen LogP contribution is 2.17. The van der Waals surface area contributed by atoms with E-state index in [0.29, 0.717) is 21.3 Å². The van der Waals surface area contributed by atoms with Crippen LogP contribution in [-0.4, -0.2) is 57.4 Å². The summed E-state index contributed by atoms with van der Waals surface area (Å²) in [4.78, 5) is 39.2. The van der Waals surface area contributed by atoms with Gasteiger partial charge in [-0.3, -0.25) is 19.6 Å². The molecule has 1 heterocycles. The minimum atomic E-state index is -1.29. The minimum Gasteiger partial charge on any atom is -0.463 e. The molecular formula is C14H16N2O6. The second-order valence-electron chi connectivity index (χ2n) is 5.03. The fraction of sp³-hybridized carbons (Fsp3) is 0.357. The van der Waals surface area contributed by atoms with Crippen LogP contribution in [0.2, 0.25) is 0 Å². The van der Waals surface area contributed by atoms with Crippen LogP contribution < -0.4 is 0 Å². The molecule has 0 saturated carbocycles. The van der Waals surface area contributed by atoms with Crippen molar-refractivity contribution in [1.82, 2.24) is 10.1 Å². The molecule has 2 amide bonds. The highest BCUT2D eigenvalue weighted by molar-refractivity contribution is 5.98. The summed E-state index contributed by atoms with van der Waals surface area (Å²) in [5.41, 5.74) is 1.26. The van der Waals surface area contributed by atoms with Gasteiger partial charge in [-0.15, -0.1) is 0 Å². The number of hydrogen-bond acceptors (Lipinski definition) is 5. The topological polar surface area (TPSA) is 107 Å². The number of ketones is 1. The summed E-state index contributed by atoms with van der Waals surface area (Å²) in [5, 5.41) is 19.9. The van der Waals surface area contributed by atoms with Crippen molar-refractivity contribution in [3.8, 4) is 0 Å². The number of hydroxylamine groups is 4. The first-order chi connectivity index (χ1) is 10.3. The van der Waals surface area contributed by atoms with Gasteiger partial charge >= 0.3 is 6.09 Å². The molecular weight excluding hydrogens is 292 g/mol. The number of Topliss-reactive ketones (excluding diaryl/α,β-unsaturated/α-hetero) is 1. The summed E-state index contributed by atoms with van der Waals surface area (Å²) in [6.45, 7) is 2.83. The first-order valence-corrected chi connectivity index (χ1v) is 6.58. The average molecular weight is 308 g/mol. The van der Waals surface area contributed by atoms with Crippen LogP contribution in [0.3, 0.4) is 0 Å². The van der Waals surface area contributed by atoms with Crippen LogP contribution in [0.15, 0.2) is 18.2 Å². The highest BCUT2D eigenvalue weighted by atomic mass is 16.7. The fourth-order valence-electron chi connectivity index (χ4n) is 2.17. The molecule has 0 radical (unpaired) electrons. The van der Waals surface area contributed by atoms with Crippen LogP contribution in [0.25, 0.3) is 0 Å². The van der Waals surface area contributed by atoms with Gasteiger partial charge in [-0.1, -0.05) is 6.07 Å². The Labute approximate surface area is 126 Å². The van der Waals surface area contributed by atoms with Crippen molar-refractivity contribution < 1.29 is 29.5 Å². The molecule has 0 spiro atoms. The lowest BCUT2D eigenvalue weighted by Crippen LogP contribution is -2.41. The number of carbonyl (C=O) groups is 3. The second-order valence-corrected chi connectivity index (χ2v) is 5.03. The maximum Gasteiger partial charge on any atom is 0.431 e. The summed E-state index contributed by atoms with van der Waals surface area (Å²) in [5.74, 6) is -0.794. The van der Waals surface area contributed by atoms with E-state index in [4.69, 9.17) is 9.94 Å². The molecule has 2 rings (SSSR count). The summed E-state index contributed by atoms with van der Waals surface area (Å²) in [6, 6.07) is 3.75. The lowest BCUT2D eigenvalue weighted by atomic mass is 10.0. The smallest absolute Gasteiger partial charge is 0.431 e. The van der Waals surface area contributed by atoms with E-state index in [1.807, 2.05) is 0 Å². The number of rotatable bonds is 3. The van der Waals surface area contributed by atoms with E-state index >= 15 is 0 Å². The molecule has 1 saturated heterocycles. The zero-order valence-electron chi connectivity index (χ0n) is 12.1. The van der Waals surface area contributed by atoms with Crippen molar-refractivity contribution in [3.63, 3.8) is 0 Å². The van der Waals surface area contributed by atoms with E-state index < -0.39 is 18.0 Å². The molecule has 0 aliphatic carbocycles. The number of aryl methyl sites for hydroxylation is 1. The molecule has 1 aliphatic heterocycles.